The molecule has 0 bridgehead atoms. The molecule has 0 unspecified atom stereocenters. The van der Waals surface area contributed by atoms with Gasteiger partial charge in [-0.15, -0.1) is 0 Å². The summed E-state index contributed by atoms with van der Waals surface area (Å²) >= 11 is 0. The lowest BCUT2D eigenvalue weighted by atomic mass is 10.3. The Kier molecular flexibility index (Phi) is 4.04. The molecule has 0 radical (unpaired) electrons. The van der Waals surface area contributed by atoms with Gasteiger partial charge in [0.25, 0.3) is 5.91 Å². The third kappa shape index (κ3) is 3.43. The molecule has 22 heavy (non-hydrogen) atoms. The number of nitrogens with zero attached hydrogens (tertiary/aromatic N) is 2. The molecule has 1 aromatic carbocycles. The molecule has 0 atom stereocenters. The molecule has 1 aliphatic rings. The number of nitrogens with one attached hydrogen (secondary N) is 1. The van der Waals surface area contributed by atoms with Crippen LogP contribution in [0.1, 0.15) is 11.4 Å². The van der Waals surface area contributed by atoms with Crippen LogP contribution >= 0.6 is 0 Å². The number of aromatic nitrogens is 2. The minimum atomic E-state index is -0.228. The fourth-order valence-electron chi connectivity index (χ4n) is 1.96. The fraction of sp³-hybridized carbons (Fsp3) is 0.267. The fourth-order valence-corrected chi connectivity index (χ4v) is 1.96. The summed E-state index contributed by atoms with van der Waals surface area (Å²) in [5.41, 5.74) is 1.61. The Morgan fingerprint density at radius 3 is 3.00 bits per heavy atom. The van der Waals surface area contributed by atoms with E-state index in [4.69, 9.17) is 14.2 Å². The zero-order chi connectivity index (χ0) is 15.4. The molecular weight excluding hydrogens is 286 g/mol. The predicted molar refractivity (Wildman–Crippen MR) is 76.7 cm³/mol. The van der Waals surface area contributed by atoms with Crippen LogP contribution in [0.2, 0.25) is 0 Å². The van der Waals surface area contributed by atoms with Crippen molar-refractivity contribution >= 4 is 5.91 Å². The monoisotopic (exact) mass is 301 g/mol. The van der Waals surface area contributed by atoms with E-state index < -0.39 is 0 Å². The van der Waals surface area contributed by atoms with Gasteiger partial charge in [0.15, 0.2) is 18.1 Å². The van der Waals surface area contributed by atoms with Crippen LogP contribution in [-0.2, 0) is 11.3 Å². The maximum absolute atomic E-state index is 11.8. The highest BCUT2D eigenvalue weighted by atomic mass is 16.7. The molecule has 114 valence electrons. The first kappa shape index (κ1) is 14.1. The van der Waals surface area contributed by atoms with Crippen molar-refractivity contribution in [2.24, 2.45) is 0 Å². The molecule has 1 aromatic heterocycles. The second-order valence-corrected chi connectivity index (χ2v) is 4.73. The molecule has 2 heterocycles. The molecular formula is C15H15N3O4. The van der Waals surface area contributed by atoms with Crippen molar-refractivity contribution in [2.75, 3.05) is 13.4 Å². The molecule has 0 saturated carbocycles. The first-order valence-corrected chi connectivity index (χ1v) is 6.77. The number of ether oxygens (including phenoxy) is 3. The van der Waals surface area contributed by atoms with Gasteiger partial charge >= 0.3 is 0 Å². The summed E-state index contributed by atoms with van der Waals surface area (Å²) in [6.45, 7) is 2.34. The van der Waals surface area contributed by atoms with E-state index in [9.17, 15) is 4.79 Å². The molecule has 0 aliphatic carbocycles. The van der Waals surface area contributed by atoms with Crippen LogP contribution < -0.4 is 19.5 Å². The van der Waals surface area contributed by atoms with Crippen molar-refractivity contribution in [3.63, 3.8) is 0 Å². The number of hydrogen-bond donors (Lipinski definition) is 1. The Labute approximate surface area is 127 Å². The highest BCUT2D eigenvalue weighted by Crippen LogP contribution is 2.34. The minimum absolute atomic E-state index is 0.0797. The number of benzene rings is 1. The molecule has 1 amide bonds. The first-order valence-electron chi connectivity index (χ1n) is 6.77. The van der Waals surface area contributed by atoms with Gasteiger partial charge in [0.2, 0.25) is 6.79 Å². The van der Waals surface area contributed by atoms with Gasteiger partial charge in [-0.25, -0.2) is 9.97 Å². The van der Waals surface area contributed by atoms with E-state index in [0.717, 1.165) is 11.4 Å². The Morgan fingerprint density at radius 2 is 2.14 bits per heavy atom. The summed E-state index contributed by atoms with van der Waals surface area (Å²) < 4.78 is 15.9. The first-order chi connectivity index (χ1) is 10.7. The summed E-state index contributed by atoms with van der Waals surface area (Å²) in [5, 5.41) is 2.74. The zero-order valence-electron chi connectivity index (χ0n) is 12.0. The third-order valence-corrected chi connectivity index (χ3v) is 3.04. The summed E-state index contributed by atoms with van der Waals surface area (Å²) in [5.74, 6) is 1.62. The number of carbonyl (C=O) groups is 1. The number of hydrogen-bond acceptors (Lipinski definition) is 6. The predicted octanol–water partition coefficient (Wildman–Crippen LogP) is 1.21. The zero-order valence-corrected chi connectivity index (χ0v) is 12.0. The van der Waals surface area contributed by atoms with Crippen molar-refractivity contribution in [3.05, 3.63) is 42.0 Å². The van der Waals surface area contributed by atoms with Crippen molar-refractivity contribution < 1.29 is 19.0 Å². The molecule has 1 aliphatic heterocycles. The van der Waals surface area contributed by atoms with Crippen molar-refractivity contribution in [3.8, 4) is 17.2 Å². The van der Waals surface area contributed by atoms with Gasteiger partial charge in [0.1, 0.15) is 12.1 Å². The van der Waals surface area contributed by atoms with E-state index >= 15 is 0 Å². The van der Waals surface area contributed by atoms with Crippen LogP contribution in [0.3, 0.4) is 0 Å². The highest BCUT2D eigenvalue weighted by Gasteiger charge is 2.14. The number of fused-ring (bicyclic) bond motifs is 1. The van der Waals surface area contributed by atoms with Crippen molar-refractivity contribution in [2.45, 2.75) is 13.5 Å². The minimum Gasteiger partial charge on any atom is -0.484 e. The average molecular weight is 301 g/mol. The lowest BCUT2D eigenvalue weighted by molar-refractivity contribution is -0.123. The normalized spacial score (nSPS) is 12.0. The lowest BCUT2D eigenvalue weighted by Crippen LogP contribution is -2.28. The summed E-state index contributed by atoms with van der Waals surface area (Å²) in [7, 11) is 0. The SMILES string of the molecule is Cc1cc(CNC(=O)COc2ccc3c(c2)OCO3)ncn1. The molecule has 0 spiro atoms. The molecule has 0 fully saturated rings. The Bertz CT molecular complexity index is 690. The molecule has 3 rings (SSSR count). The van der Waals surface area contributed by atoms with E-state index in [-0.39, 0.29) is 19.3 Å². The number of amides is 1. The molecule has 7 nitrogen and oxygen atoms in total. The van der Waals surface area contributed by atoms with Crippen LogP contribution in [0.5, 0.6) is 17.2 Å². The second kappa shape index (κ2) is 6.30. The van der Waals surface area contributed by atoms with Crippen LogP contribution in [0.15, 0.2) is 30.6 Å². The molecule has 2 aromatic rings. The number of carbonyl (C=O) groups excluding carboxylic acids is 1. The smallest absolute Gasteiger partial charge is 0.258 e. The van der Waals surface area contributed by atoms with E-state index in [0.29, 0.717) is 23.8 Å². The Hall–Kier alpha value is -2.83. The van der Waals surface area contributed by atoms with Crippen molar-refractivity contribution in [1.82, 2.24) is 15.3 Å². The Balaban J connectivity index is 1.48. The van der Waals surface area contributed by atoms with Crippen LogP contribution in [0.25, 0.3) is 0 Å². The quantitative estimate of drug-likeness (QED) is 0.894. The van der Waals surface area contributed by atoms with Crippen LogP contribution in [0.4, 0.5) is 0 Å². The van der Waals surface area contributed by atoms with Gasteiger partial charge in [0.05, 0.1) is 12.2 Å². The Morgan fingerprint density at radius 1 is 1.27 bits per heavy atom. The summed E-state index contributed by atoms with van der Waals surface area (Å²) in [6, 6.07) is 7.00. The number of rotatable bonds is 5. The van der Waals surface area contributed by atoms with Gasteiger partial charge in [-0.1, -0.05) is 0 Å². The van der Waals surface area contributed by atoms with Crippen LogP contribution in [0, 0.1) is 6.92 Å². The standard InChI is InChI=1S/C15H15N3O4/c1-10-4-11(18-8-17-10)6-16-15(19)7-20-12-2-3-13-14(5-12)22-9-21-13/h2-5,8H,6-7,9H2,1H3,(H,16,19). The van der Waals surface area contributed by atoms with E-state index in [1.54, 1.807) is 18.2 Å². The topological polar surface area (TPSA) is 82.6 Å². The number of aryl methyl sites for hydroxylation is 1. The molecule has 1 N–H and O–H groups in total. The highest BCUT2D eigenvalue weighted by molar-refractivity contribution is 5.77. The van der Waals surface area contributed by atoms with Gasteiger partial charge in [0, 0.05) is 11.8 Å². The largest absolute Gasteiger partial charge is 0.484 e. The van der Waals surface area contributed by atoms with Gasteiger partial charge in [-0.05, 0) is 25.1 Å². The summed E-state index contributed by atoms with van der Waals surface area (Å²) in [4.78, 5) is 19.8. The average Bonchev–Trinajstić information content (AvgIpc) is 2.98. The molecule has 0 saturated heterocycles. The second-order valence-electron chi connectivity index (χ2n) is 4.73. The molecule has 7 heteroatoms. The van der Waals surface area contributed by atoms with E-state index in [2.05, 4.69) is 15.3 Å². The van der Waals surface area contributed by atoms with E-state index in [1.165, 1.54) is 6.33 Å². The summed E-state index contributed by atoms with van der Waals surface area (Å²) in [6.07, 6.45) is 1.47. The lowest BCUT2D eigenvalue weighted by Gasteiger charge is -2.08. The van der Waals surface area contributed by atoms with E-state index in [1.807, 2.05) is 13.0 Å². The maximum atomic E-state index is 11.8. The maximum Gasteiger partial charge on any atom is 0.258 e. The van der Waals surface area contributed by atoms with Gasteiger partial charge in [-0.2, -0.15) is 0 Å². The van der Waals surface area contributed by atoms with Crippen LogP contribution in [-0.4, -0.2) is 29.3 Å². The van der Waals surface area contributed by atoms with Gasteiger partial charge < -0.3 is 19.5 Å². The van der Waals surface area contributed by atoms with Crippen molar-refractivity contribution in [1.29, 1.82) is 0 Å². The van der Waals surface area contributed by atoms with Gasteiger partial charge in [-0.3, -0.25) is 4.79 Å². The third-order valence-electron chi connectivity index (χ3n) is 3.04.